The molecular weight excluding hydrogens is 122 g/mol. The topological polar surface area (TPSA) is 23.9 Å². The van der Waals surface area contributed by atoms with Gasteiger partial charge in [-0.15, -0.1) is 0 Å². The molecule has 60 valence electrons. The summed E-state index contributed by atoms with van der Waals surface area (Å²) in [4.78, 5) is 0. The van der Waals surface area contributed by atoms with E-state index in [4.69, 9.17) is 5.41 Å². The lowest BCUT2D eigenvalue weighted by Gasteiger charge is -2.05. The molecular formula is C9H19N. The third kappa shape index (κ3) is 10.6. The van der Waals surface area contributed by atoms with Crippen LogP contribution in [-0.2, 0) is 0 Å². The van der Waals surface area contributed by atoms with Gasteiger partial charge in [0.15, 0.2) is 0 Å². The molecule has 0 aromatic carbocycles. The maximum atomic E-state index is 6.50. The molecule has 1 nitrogen and oxygen atoms in total. The smallest absolute Gasteiger partial charge is 0.00272 e. The van der Waals surface area contributed by atoms with Gasteiger partial charge in [0.25, 0.3) is 0 Å². The number of rotatable bonds is 0. The highest BCUT2D eigenvalue weighted by Gasteiger charge is 1.95. The van der Waals surface area contributed by atoms with Gasteiger partial charge in [0.2, 0.25) is 0 Å². The molecule has 1 rings (SSSR count). The predicted molar refractivity (Wildman–Crippen MR) is 46.8 cm³/mol. The van der Waals surface area contributed by atoms with E-state index < -0.39 is 0 Å². The Hall–Kier alpha value is -0.330. The molecule has 0 aromatic rings. The highest BCUT2D eigenvalue weighted by atomic mass is 14.3. The first-order valence-electron chi connectivity index (χ1n) is 4.25. The standard InChI is InChI=1S/C6H12.C3H7N/c1-2-4-6-5-3-1;1-3(2)4/h1-6H2;4H,1-2H3. The second kappa shape index (κ2) is 6.79. The van der Waals surface area contributed by atoms with Gasteiger partial charge in [-0.05, 0) is 13.8 Å². The quantitative estimate of drug-likeness (QED) is 0.500. The Morgan fingerprint density at radius 1 is 0.800 bits per heavy atom. The molecule has 0 unspecified atom stereocenters. The Bertz CT molecular complexity index is 67.2. The first-order chi connectivity index (χ1) is 4.73. The van der Waals surface area contributed by atoms with Crippen molar-refractivity contribution in [2.24, 2.45) is 0 Å². The Labute approximate surface area is 64.3 Å². The van der Waals surface area contributed by atoms with E-state index in [-0.39, 0.29) is 0 Å². The first kappa shape index (κ1) is 9.67. The molecule has 0 heterocycles. The Morgan fingerprint density at radius 2 is 0.900 bits per heavy atom. The molecule has 1 aliphatic rings. The highest BCUT2D eigenvalue weighted by molar-refractivity contribution is 5.75. The molecule has 0 spiro atoms. The highest BCUT2D eigenvalue weighted by Crippen LogP contribution is 2.15. The molecule has 10 heavy (non-hydrogen) atoms. The zero-order valence-electron chi connectivity index (χ0n) is 7.24. The molecule has 1 N–H and O–H groups in total. The Kier molecular flexibility index (Phi) is 6.56. The van der Waals surface area contributed by atoms with Crippen LogP contribution in [0.2, 0.25) is 0 Å². The Balaban J connectivity index is 0.000000180. The fourth-order valence-electron chi connectivity index (χ4n) is 1.06. The summed E-state index contributed by atoms with van der Waals surface area (Å²) in [5, 5.41) is 6.50. The van der Waals surface area contributed by atoms with Crippen LogP contribution < -0.4 is 0 Å². The van der Waals surface area contributed by atoms with Crippen LogP contribution in [0.15, 0.2) is 0 Å². The normalized spacial score (nSPS) is 17.0. The zero-order valence-corrected chi connectivity index (χ0v) is 7.24. The average molecular weight is 141 g/mol. The van der Waals surface area contributed by atoms with E-state index in [2.05, 4.69) is 0 Å². The SMILES string of the molecule is C1CCCCC1.CC(C)=N. The average Bonchev–Trinajstić information content (AvgIpc) is 1.90. The minimum Gasteiger partial charge on any atom is -0.310 e. The fourth-order valence-corrected chi connectivity index (χ4v) is 1.06. The summed E-state index contributed by atoms with van der Waals surface area (Å²) in [6.45, 7) is 3.50. The second-order valence-electron chi connectivity index (χ2n) is 3.12. The van der Waals surface area contributed by atoms with Gasteiger partial charge < -0.3 is 5.41 Å². The van der Waals surface area contributed by atoms with Crippen LogP contribution in [0.5, 0.6) is 0 Å². The van der Waals surface area contributed by atoms with Gasteiger partial charge in [-0.25, -0.2) is 0 Å². The van der Waals surface area contributed by atoms with Gasteiger partial charge >= 0.3 is 0 Å². The van der Waals surface area contributed by atoms with Crippen molar-refractivity contribution in [1.29, 1.82) is 5.41 Å². The van der Waals surface area contributed by atoms with Gasteiger partial charge in [-0.1, -0.05) is 38.5 Å². The summed E-state index contributed by atoms with van der Waals surface area (Å²) in [6.07, 6.45) is 9.00. The molecule has 1 aliphatic carbocycles. The van der Waals surface area contributed by atoms with Gasteiger partial charge in [0.1, 0.15) is 0 Å². The molecule has 0 atom stereocenters. The third-order valence-corrected chi connectivity index (χ3v) is 1.50. The summed E-state index contributed by atoms with van der Waals surface area (Å²) in [5.74, 6) is 0. The summed E-state index contributed by atoms with van der Waals surface area (Å²) in [7, 11) is 0. The van der Waals surface area contributed by atoms with Crippen molar-refractivity contribution in [2.75, 3.05) is 0 Å². The van der Waals surface area contributed by atoms with Crippen LogP contribution >= 0.6 is 0 Å². The molecule has 0 aromatic heterocycles. The molecule has 0 radical (unpaired) electrons. The second-order valence-corrected chi connectivity index (χ2v) is 3.12. The summed E-state index contributed by atoms with van der Waals surface area (Å²) in [6, 6.07) is 0. The summed E-state index contributed by atoms with van der Waals surface area (Å²) in [5.41, 5.74) is 0.667. The van der Waals surface area contributed by atoms with E-state index in [1.54, 1.807) is 13.8 Å². The Morgan fingerprint density at radius 3 is 1.00 bits per heavy atom. The largest absolute Gasteiger partial charge is 0.310 e. The maximum absolute atomic E-state index is 6.50. The van der Waals surface area contributed by atoms with Crippen LogP contribution in [-0.4, -0.2) is 5.71 Å². The van der Waals surface area contributed by atoms with Crippen LogP contribution in [0.1, 0.15) is 52.4 Å². The lowest BCUT2D eigenvalue weighted by molar-refractivity contribution is 0.504. The number of hydrogen-bond acceptors (Lipinski definition) is 1. The summed E-state index contributed by atoms with van der Waals surface area (Å²) < 4.78 is 0. The summed E-state index contributed by atoms with van der Waals surface area (Å²) >= 11 is 0. The number of hydrogen-bond donors (Lipinski definition) is 1. The molecule has 1 saturated carbocycles. The molecule has 0 bridgehead atoms. The van der Waals surface area contributed by atoms with Gasteiger partial charge in [-0.2, -0.15) is 0 Å². The van der Waals surface area contributed by atoms with E-state index in [0.717, 1.165) is 0 Å². The van der Waals surface area contributed by atoms with Crippen LogP contribution in [0.3, 0.4) is 0 Å². The lowest BCUT2D eigenvalue weighted by Crippen LogP contribution is -1.85. The van der Waals surface area contributed by atoms with Crippen molar-refractivity contribution < 1.29 is 0 Å². The molecule has 1 fully saturated rings. The van der Waals surface area contributed by atoms with E-state index in [0.29, 0.717) is 5.71 Å². The molecule has 0 amide bonds. The molecule has 0 aliphatic heterocycles. The van der Waals surface area contributed by atoms with Crippen molar-refractivity contribution in [3.63, 3.8) is 0 Å². The van der Waals surface area contributed by atoms with Gasteiger partial charge in [-0.3, -0.25) is 0 Å². The van der Waals surface area contributed by atoms with Crippen LogP contribution in [0.4, 0.5) is 0 Å². The first-order valence-corrected chi connectivity index (χ1v) is 4.25. The van der Waals surface area contributed by atoms with Gasteiger partial charge in [0, 0.05) is 5.71 Å². The van der Waals surface area contributed by atoms with Gasteiger partial charge in [0.05, 0.1) is 0 Å². The van der Waals surface area contributed by atoms with Crippen molar-refractivity contribution >= 4 is 5.71 Å². The monoisotopic (exact) mass is 141 g/mol. The number of nitrogens with one attached hydrogen (secondary N) is 1. The van der Waals surface area contributed by atoms with Crippen LogP contribution in [0.25, 0.3) is 0 Å². The third-order valence-electron chi connectivity index (χ3n) is 1.50. The fraction of sp³-hybridized carbons (Fsp3) is 0.889. The minimum absolute atomic E-state index is 0.667. The van der Waals surface area contributed by atoms with Crippen molar-refractivity contribution in [2.45, 2.75) is 52.4 Å². The van der Waals surface area contributed by atoms with E-state index in [1.165, 1.54) is 38.5 Å². The van der Waals surface area contributed by atoms with E-state index in [1.807, 2.05) is 0 Å². The zero-order chi connectivity index (χ0) is 7.82. The van der Waals surface area contributed by atoms with Crippen molar-refractivity contribution in [3.05, 3.63) is 0 Å². The van der Waals surface area contributed by atoms with E-state index >= 15 is 0 Å². The van der Waals surface area contributed by atoms with E-state index in [9.17, 15) is 0 Å². The lowest BCUT2D eigenvalue weighted by atomic mass is 10.0. The maximum Gasteiger partial charge on any atom is 0.00272 e. The van der Waals surface area contributed by atoms with Crippen molar-refractivity contribution in [1.82, 2.24) is 0 Å². The predicted octanol–water partition coefficient (Wildman–Crippen LogP) is 3.39. The van der Waals surface area contributed by atoms with Crippen molar-refractivity contribution in [3.8, 4) is 0 Å². The minimum atomic E-state index is 0.667. The molecule has 1 heteroatoms. The molecule has 0 saturated heterocycles. The van der Waals surface area contributed by atoms with Crippen LogP contribution in [0, 0.1) is 5.41 Å².